The maximum atomic E-state index is 12.1. The van der Waals surface area contributed by atoms with E-state index < -0.39 is 0 Å². The zero-order valence-corrected chi connectivity index (χ0v) is 11.8. The summed E-state index contributed by atoms with van der Waals surface area (Å²) in [7, 11) is 0. The molecule has 0 saturated carbocycles. The van der Waals surface area contributed by atoms with Crippen molar-refractivity contribution >= 4 is 27.5 Å². The van der Waals surface area contributed by atoms with Crippen molar-refractivity contribution in [1.29, 1.82) is 0 Å². The second kappa shape index (κ2) is 5.31. The first kappa shape index (κ1) is 12.8. The van der Waals surface area contributed by atoms with Gasteiger partial charge in [0.2, 0.25) is 0 Å². The molecule has 0 spiro atoms. The molecule has 3 nitrogen and oxygen atoms in total. The number of pyridine rings is 1. The van der Waals surface area contributed by atoms with E-state index in [0.717, 1.165) is 21.4 Å². The SMILES string of the molecule is Cc1cc(C(=O)Nc2ccc(Br)cc2C)ccn1. The minimum absolute atomic E-state index is 0.120. The molecule has 0 unspecified atom stereocenters. The summed E-state index contributed by atoms with van der Waals surface area (Å²) in [6.07, 6.45) is 1.64. The number of rotatable bonds is 2. The molecule has 1 N–H and O–H groups in total. The van der Waals surface area contributed by atoms with E-state index in [-0.39, 0.29) is 5.91 Å². The summed E-state index contributed by atoms with van der Waals surface area (Å²) >= 11 is 3.40. The van der Waals surface area contributed by atoms with Gasteiger partial charge in [-0.25, -0.2) is 0 Å². The van der Waals surface area contributed by atoms with Gasteiger partial charge >= 0.3 is 0 Å². The van der Waals surface area contributed by atoms with E-state index in [1.807, 2.05) is 32.0 Å². The van der Waals surface area contributed by atoms with E-state index in [1.165, 1.54) is 0 Å². The lowest BCUT2D eigenvalue weighted by Crippen LogP contribution is -2.13. The first-order valence-electron chi connectivity index (χ1n) is 5.56. The molecule has 0 aliphatic rings. The molecule has 0 fully saturated rings. The molecule has 4 heteroatoms. The highest BCUT2D eigenvalue weighted by Gasteiger charge is 2.08. The van der Waals surface area contributed by atoms with Gasteiger partial charge in [-0.15, -0.1) is 0 Å². The van der Waals surface area contributed by atoms with Crippen molar-refractivity contribution in [2.24, 2.45) is 0 Å². The number of benzene rings is 1. The number of hydrogen-bond donors (Lipinski definition) is 1. The fourth-order valence-corrected chi connectivity index (χ4v) is 2.12. The van der Waals surface area contributed by atoms with Crippen LogP contribution in [0.25, 0.3) is 0 Å². The molecule has 92 valence electrons. The maximum absolute atomic E-state index is 12.1. The largest absolute Gasteiger partial charge is 0.322 e. The van der Waals surface area contributed by atoms with Crippen LogP contribution in [-0.2, 0) is 0 Å². The van der Waals surface area contributed by atoms with Gasteiger partial charge in [-0.05, 0) is 49.7 Å². The fourth-order valence-electron chi connectivity index (χ4n) is 1.65. The predicted molar refractivity (Wildman–Crippen MR) is 75.8 cm³/mol. The van der Waals surface area contributed by atoms with Crippen LogP contribution in [0, 0.1) is 13.8 Å². The zero-order valence-electron chi connectivity index (χ0n) is 10.2. The molecule has 0 aliphatic carbocycles. The standard InChI is InChI=1S/C14H13BrN2O/c1-9-7-12(15)3-4-13(9)17-14(18)11-5-6-16-10(2)8-11/h3-8H,1-2H3,(H,17,18). The first-order valence-corrected chi connectivity index (χ1v) is 6.36. The topological polar surface area (TPSA) is 42.0 Å². The predicted octanol–water partition coefficient (Wildman–Crippen LogP) is 3.71. The second-order valence-electron chi connectivity index (χ2n) is 4.10. The smallest absolute Gasteiger partial charge is 0.255 e. The van der Waals surface area contributed by atoms with E-state index in [4.69, 9.17) is 0 Å². The fraction of sp³-hybridized carbons (Fsp3) is 0.143. The van der Waals surface area contributed by atoms with E-state index in [2.05, 4.69) is 26.2 Å². The van der Waals surface area contributed by atoms with Crippen LogP contribution < -0.4 is 5.32 Å². The van der Waals surface area contributed by atoms with Gasteiger partial charge in [0.25, 0.3) is 5.91 Å². The Morgan fingerprint density at radius 3 is 2.67 bits per heavy atom. The number of nitrogens with zero attached hydrogens (tertiary/aromatic N) is 1. The maximum Gasteiger partial charge on any atom is 0.255 e. The molecule has 1 aromatic carbocycles. The number of aryl methyl sites for hydroxylation is 2. The summed E-state index contributed by atoms with van der Waals surface area (Å²) < 4.78 is 0.998. The Balaban J connectivity index is 2.21. The summed E-state index contributed by atoms with van der Waals surface area (Å²) in [6.45, 7) is 3.82. The van der Waals surface area contributed by atoms with Crippen LogP contribution in [0.1, 0.15) is 21.6 Å². The molecule has 1 aromatic heterocycles. The highest BCUT2D eigenvalue weighted by Crippen LogP contribution is 2.20. The zero-order chi connectivity index (χ0) is 13.1. The van der Waals surface area contributed by atoms with Gasteiger partial charge in [0, 0.05) is 27.6 Å². The van der Waals surface area contributed by atoms with Crippen molar-refractivity contribution in [3.8, 4) is 0 Å². The Labute approximate surface area is 114 Å². The van der Waals surface area contributed by atoms with Crippen molar-refractivity contribution < 1.29 is 4.79 Å². The van der Waals surface area contributed by atoms with E-state index >= 15 is 0 Å². The number of carbonyl (C=O) groups excluding carboxylic acids is 1. The Morgan fingerprint density at radius 2 is 2.00 bits per heavy atom. The number of nitrogens with one attached hydrogen (secondary N) is 1. The number of anilines is 1. The van der Waals surface area contributed by atoms with Gasteiger partial charge in [0.05, 0.1) is 0 Å². The average molecular weight is 305 g/mol. The summed E-state index contributed by atoms with van der Waals surface area (Å²) in [5, 5.41) is 2.89. The van der Waals surface area contributed by atoms with Crippen LogP contribution in [0.2, 0.25) is 0 Å². The van der Waals surface area contributed by atoms with Crippen LogP contribution in [0.5, 0.6) is 0 Å². The molecule has 2 aromatic rings. The number of aromatic nitrogens is 1. The van der Waals surface area contributed by atoms with Gasteiger partial charge in [0.1, 0.15) is 0 Å². The summed E-state index contributed by atoms with van der Waals surface area (Å²) in [5.74, 6) is -0.120. The molecule has 0 saturated heterocycles. The number of halogens is 1. The Morgan fingerprint density at radius 1 is 1.22 bits per heavy atom. The second-order valence-corrected chi connectivity index (χ2v) is 5.01. The van der Waals surface area contributed by atoms with Crippen LogP contribution in [0.3, 0.4) is 0 Å². The lowest BCUT2D eigenvalue weighted by molar-refractivity contribution is 0.102. The highest BCUT2D eigenvalue weighted by atomic mass is 79.9. The molecule has 2 rings (SSSR count). The van der Waals surface area contributed by atoms with Gasteiger partial charge in [-0.1, -0.05) is 15.9 Å². The van der Waals surface area contributed by atoms with Crippen LogP contribution in [0.15, 0.2) is 41.0 Å². The molecule has 1 heterocycles. The van der Waals surface area contributed by atoms with Crippen molar-refractivity contribution in [2.75, 3.05) is 5.32 Å². The van der Waals surface area contributed by atoms with Crippen molar-refractivity contribution in [1.82, 2.24) is 4.98 Å². The van der Waals surface area contributed by atoms with Crippen molar-refractivity contribution in [3.63, 3.8) is 0 Å². The van der Waals surface area contributed by atoms with E-state index in [9.17, 15) is 4.79 Å². The minimum Gasteiger partial charge on any atom is -0.322 e. The monoisotopic (exact) mass is 304 g/mol. The Hall–Kier alpha value is -1.68. The van der Waals surface area contributed by atoms with Gasteiger partial charge in [0.15, 0.2) is 0 Å². The Bertz CT molecular complexity index is 596. The third-order valence-electron chi connectivity index (χ3n) is 2.60. The molecule has 0 atom stereocenters. The quantitative estimate of drug-likeness (QED) is 0.919. The molecule has 0 bridgehead atoms. The Kier molecular flexibility index (Phi) is 3.77. The van der Waals surface area contributed by atoms with Crippen molar-refractivity contribution in [2.45, 2.75) is 13.8 Å². The van der Waals surface area contributed by atoms with Crippen LogP contribution in [0.4, 0.5) is 5.69 Å². The average Bonchev–Trinajstić information content (AvgIpc) is 2.32. The lowest BCUT2D eigenvalue weighted by Gasteiger charge is -2.09. The third-order valence-corrected chi connectivity index (χ3v) is 3.09. The van der Waals surface area contributed by atoms with Gasteiger partial charge < -0.3 is 5.32 Å². The van der Waals surface area contributed by atoms with Crippen LogP contribution >= 0.6 is 15.9 Å². The molecular formula is C14H13BrN2O. The number of amides is 1. The third kappa shape index (κ3) is 2.96. The summed E-state index contributed by atoms with van der Waals surface area (Å²) in [4.78, 5) is 16.1. The normalized spacial score (nSPS) is 10.2. The molecule has 18 heavy (non-hydrogen) atoms. The molecule has 1 amide bonds. The lowest BCUT2D eigenvalue weighted by atomic mass is 10.1. The summed E-state index contributed by atoms with van der Waals surface area (Å²) in [6, 6.07) is 9.22. The van der Waals surface area contributed by atoms with Gasteiger partial charge in [-0.2, -0.15) is 0 Å². The van der Waals surface area contributed by atoms with Crippen molar-refractivity contribution in [3.05, 3.63) is 57.8 Å². The number of carbonyl (C=O) groups is 1. The van der Waals surface area contributed by atoms with Gasteiger partial charge in [-0.3, -0.25) is 9.78 Å². The van der Waals surface area contributed by atoms with E-state index in [1.54, 1.807) is 18.3 Å². The minimum atomic E-state index is -0.120. The molecule has 0 aliphatic heterocycles. The summed E-state index contributed by atoms with van der Waals surface area (Å²) in [5.41, 5.74) is 3.28. The molecule has 0 radical (unpaired) electrons. The van der Waals surface area contributed by atoms with Crippen LogP contribution in [-0.4, -0.2) is 10.9 Å². The van der Waals surface area contributed by atoms with E-state index in [0.29, 0.717) is 5.56 Å². The molecular weight excluding hydrogens is 292 g/mol. The highest BCUT2D eigenvalue weighted by molar-refractivity contribution is 9.10. The number of hydrogen-bond acceptors (Lipinski definition) is 2. The first-order chi connectivity index (χ1) is 8.56.